The van der Waals surface area contributed by atoms with Crippen LogP contribution in [0.25, 0.3) is 0 Å². The zero-order valence-electron chi connectivity index (χ0n) is 6.37. The Morgan fingerprint density at radius 3 is 2.83 bits per heavy atom. The van der Waals surface area contributed by atoms with Crippen LogP contribution in [0.5, 0.6) is 0 Å². The van der Waals surface area contributed by atoms with Crippen LogP contribution in [-0.4, -0.2) is 11.0 Å². The Balaban J connectivity index is 2.48. The summed E-state index contributed by atoms with van der Waals surface area (Å²) in [5.74, 6) is 0. The van der Waals surface area contributed by atoms with Crippen molar-refractivity contribution in [2.45, 2.75) is 19.4 Å². The Morgan fingerprint density at radius 1 is 1.58 bits per heavy atom. The van der Waals surface area contributed by atoms with Crippen LogP contribution < -0.4 is 0 Å². The molecule has 0 atom stereocenters. The first-order valence-electron chi connectivity index (χ1n) is 3.56. The van der Waals surface area contributed by atoms with Gasteiger partial charge in [-0.25, -0.2) is 8.78 Å². The highest BCUT2D eigenvalue weighted by molar-refractivity contribution is 5.25. The van der Waals surface area contributed by atoms with E-state index in [4.69, 9.17) is 5.26 Å². The van der Waals surface area contributed by atoms with Gasteiger partial charge >= 0.3 is 0 Å². The van der Waals surface area contributed by atoms with Gasteiger partial charge < -0.3 is 4.57 Å². The van der Waals surface area contributed by atoms with Gasteiger partial charge in [0.25, 0.3) is 0 Å². The molecule has 0 bridgehead atoms. The van der Waals surface area contributed by atoms with Gasteiger partial charge in [0.1, 0.15) is 6.07 Å². The molecule has 4 heteroatoms. The van der Waals surface area contributed by atoms with E-state index < -0.39 is 6.43 Å². The van der Waals surface area contributed by atoms with Crippen molar-refractivity contribution in [3.63, 3.8) is 0 Å². The van der Waals surface area contributed by atoms with Gasteiger partial charge in [0, 0.05) is 25.4 Å². The van der Waals surface area contributed by atoms with Gasteiger partial charge in [-0.1, -0.05) is 0 Å². The molecule has 0 spiro atoms. The monoisotopic (exact) mass is 170 g/mol. The van der Waals surface area contributed by atoms with Crippen LogP contribution in [0.2, 0.25) is 0 Å². The first kappa shape index (κ1) is 8.72. The third kappa shape index (κ3) is 2.35. The van der Waals surface area contributed by atoms with Crippen LogP contribution in [0.1, 0.15) is 12.0 Å². The number of rotatable bonds is 3. The minimum Gasteiger partial charge on any atom is -0.353 e. The number of nitrogens with zero attached hydrogens (tertiary/aromatic N) is 2. The van der Waals surface area contributed by atoms with Gasteiger partial charge in [0.2, 0.25) is 6.43 Å². The van der Waals surface area contributed by atoms with Crippen LogP contribution in [-0.2, 0) is 6.54 Å². The summed E-state index contributed by atoms with van der Waals surface area (Å²) in [5, 5.41) is 8.42. The predicted molar refractivity (Wildman–Crippen MR) is 39.8 cm³/mol. The molecule has 1 aromatic rings. The van der Waals surface area contributed by atoms with Crippen molar-refractivity contribution < 1.29 is 8.78 Å². The molecule has 0 aliphatic heterocycles. The molecule has 0 N–H and O–H groups in total. The number of hydrogen-bond acceptors (Lipinski definition) is 1. The molecule has 0 amide bonds. The van der Waals surface area contributed by atoms with E-state index in [-0.39, 0.29) is 13.0 Å². The van der Waals surface area contributed by atoms with Crippen molar-refractivity contribution in [3.8, 4) is 6.07 Å². The number of hydrogen-bond donors (Lipinski definition) is 0. The largest absolute Gasteiger partial charge is 0.353 e. The van der Waals surface area contributed by atoms with E-state index in [1.54, 1.807) is 23.0 Å². The fourth-order valence-corrected chi connectivity index (χ4v) is 0.893. The molecule has 0 aliphatic rings. The number of alkyl halides is 2. The Hall–Kier alpha value is -1.37. The second-order valence-corrected chi connectivity index (χ2v) is 2.43. The molecule has 1 rings (SSSR count). The Kier molecular flexibility index (Phi) is 2.81. The van der Waals surface area contributed by atoms with E-state index in [2.05, 4.69) is 0 Å². The van der Waals surface area contributed by atoms with Gasteiger partial charge in [-0.05, 0) is 6.07 Å². The molecule has 0 unspecified atom stereocenters. The molecule has 1 aromatic heterocycles. The topological polar surface area (TPSA) is 28.7 Å². The fourth-order valence-electron chi connectivity index (χ4n) is 0.893. The van der Waals surface area contributed by atoms with Crippen LogP contribution in [0.3, 0.4) is 0 Å². The van der Waals surface area contributed by atoms with Crippen LogP contribution in [0.4, 0.5) is 8.78 Å². The minimum atomic E-state index is -2.28. The lowest BCUT2D eigenvalue weighted by Gasteiger charge is -2.00. The summed E-state index contributed by atoms with van der Waals surface area (Å²) >= 11 is 0. The molecule has 1 heterocycles. The first-order valence-corrected chi connectivity index (χ1v) is 3.56. The van der Waals surface area contributed by atoms with Crippen molar-refractivity contribution in [1.82, 2.24) is 4.57 Å². The zero-order chi connectivity index (χ0) is 8.97. The molecule has 0 radical (unpaired) electrons. The second kappa shape index (κ2) is 3.86. The molecule has 0 aliphatic carbocycles. The van der Waals surface area contributed by atoms with Crippen molar-refractivity contribution in [2.75, 3.05) is 0 Å². The van der Waals surface area contributed by atoms with E-state index in [1.165, 1.54) is 0 Å². The SMILES string of the molecule is N#Cc1ccn(CCC(F)F)c1. The van der Waals surface area contributed by atoms with E-state index in [0.717, 1.165) is 0 Å². The molecular weight excluding hydrogens is 162 g/mol. The molecule has 2 nitrogen and oxygen atoms in total. The van der Waals surface area contributed by atoms with Gasteiger partial charge in [-0.2, -0.15) is 5.26 Å². The first-order chi connectivity index (χ1) is 5.72. The Labute approximate surface area is 69.0 Å². The normalized spacial score (nSPS) is 10.2. The van der Waals surface area contributed by atoms with Crippen LogP contribution >= 0.6 is 0 Å². The van der Waals surface area contributed by atoms with E-state index in [0.29, 0.717) is 5.56 Å². The molecule has 0 fully saturated rings. The highest BCUT2D eigenvalue weighted by Crippen LogP contribution is 2.04. The quantitative estimate of drug-likeness (QED) is 0.682. The predicted octanol–water partition coefficient (Wildman–Crippen LogP) is 2.01. The van der Waals surface area contributed by atoms with E-state index in [1.807, 2.05) is 6.07 Å². The standard InChI is InChI=1S/C8H8F2N2/c9-8(10)2-4-12-3-1-7(5-11)6-12/h1,3,6,8H,2,4H2. The number of nitriles is 1. The summed E-state index contributed by atoms with van der Waals surface area (Å²) in [6.07, 6.45) is 0.737. The Morgan fingerprint density at radius 2 is 2.33 bits per heavy atom. The maximum absolute atomic E-state index is 11.7. The summed E-state index contributed by atoms with van der Waals surface area (Å²) in [5.41, 5.74) is 0.504. The van der Waals surface area contributed by atoms with E-state index in [9.17, 15) is 8.78 Å². The van der Waals surface area contributed by atoms with Crippen LogP contribution in [0.15, 0.2) is 18.5 Å². The smallest absolute Gasteiger partial charge is 0.240 e. The van der Waals surface area contributed by atoms with Gasteiger partial charge in [-0.15, -0.1) is 0 Å². The van der Waals surface area contributed by atoms with Crippen LogP contribution in [0, 0.1) is 11.3 Å². The van der Waals surface area contributed by atoms with Gasteiger partial charge in [0.05, 0.1) is 5.56 Å². The zero-order valence-corrected chi connectivity index (χ0v) is 6.37. The third-order valence-corrected chi connectivity index (χ3v) is 1.49. The number of halogens is 2. The lowest BCUT2D eigenvalue weighted by molar-refractivity contribution is 0.131. The lowest BCUT2D eigenvalue weighted by atomic mass is 10.4. The summed E-state index contributed by atoms with van der Waals surface area (Å²) in [6, 6.07) is 3.53. The minimum absolute atomic E-state index is 0.167. The maximum Gasteiger partial charge on any atom is 0.240 e. The average Bonchev–Trinajstić information content (AvgIpc) is 2.48. The highest BCUT2D eigenvalue weighted by Gasteiger charge is 2.02. The van der Waals surface area contributed by atoms with Crippen molar-refractivity contribution in [2.24, 2.45) is 0 Å². The Bertz CT molecular complexity index is 285. The highest BCUT2D eigenvalue weighted by atomic mass is 19.3. The lowest BCUT2D eigenvalue weighted by Crippen LogP contribution is -1.99. The summed E-state index contributed by atoms with van der Waals surface area (Å²) in [4.78, 5) is 0. The fraction of sp³-hybridized carbons (Fsp3) is 0.375. The maximum atomic E-state index is 11.7. The summed E-state index contributed by atoms with van der Waals surface area (Å²) < 4.78 is 25.0. The average molecular weight is 170 g/mol. The molecule has 0 saturated carbocycles. The summed E-state index contributed by atoms with van der Waals surface area (Å²) in [7, 11) is 0. The van der Waals surface area contributed by atoms with Crippen molar-refractivity contribution in [3.05, 3.63) is 24.0 Å². The number of aryl methyl sites for hydroxylation is 1. The molecular formula is C8H8F2N2. The number of aromatic nitrogens is 1. The van der Waals surface area contributed by atoms with E-state index >= 15 is 0 Å². The van der Waals surface area contributed by atoms with Crippen molar-refractivity contribution >= 4 is 0 Å². The molecule has 12 heavy (non-hydrogen) atoms. The molecule has 0 saturated heterocycles. The molecule has 64 valence electrons. The van der Waals surface area contributed by atoms with Gasteiger partial charge in [-0.3, -0.25) is 0 Å². The van der Waals surface area contributed by atoms with Gasteiger partial charge in [0.15, 0.2) is 0 Å². The second-order valence-electron chi connectivity index (χ2n) is 2.43. The molecule has 0 aromatic carbocycles. The third-order valence-electron chi connectivity index (χ3n) is 1.49. The summed E-state index contributed by atoms with van der Waals surface area (Å²) in [6.45, 7) is 0.263. The van der Waals surface area contributed by atoms with Crippen molar-refractivity contribution in [1.29, 1.82) is 5.26 Å².